The Morgan fingerprint density at radius 3 is 2.27 bits per heavy atom. The van der Waals surface area contributed by atoms with Crippen LogP contribution in [0.4, 0.5) is 0 Å². The van der Waals surface area contributed by atoms with Gasteiger partial charge in [-0.05, 0) is 30.0 Å². The number of nitrogens with one attached hydrogen (secondary N) is 5. The highest BCUT2D eigenvalue weighted by atomic mass is 16.2. The van der Waals surface area contributed by atoms with Gasteiger partial charge in [0.1, 0.15) is 17.9 Å². The summed E-state index contributed by atoms with van der Waals surface area (Å²) in [6.45, 7) is 0.564. The molecule has 0 unspecified atom stereocenters. The standard InChI is InChI=1S/C36H42N10O3/c37-28(19-26-22-42-32(44-26)24-12-5-2-6-13-24)33(47)46-31(18-25-21-41-29-15-8-7-14-27(25)29)35(49)45-30(16-9-17-40-36(38)39)34(48)43-20-23-10-3-1-4-11-23/h1-8,10-15,21-22,28,30-31,41H,9,16-20,37H2,(H,42,44)(H,43,48)(H,45,49)(H,46,47)(H4,38,39,40)/t28-,30-,31-/m0/s1. The zero-order valence-corrected chi connectivity index (χ0v) is 27.1. The summed E-state index contributed by atoms with van der Waals surface area (Å²) in [4.78, 5) is 55.7. The highest BCUT2D eigenvalue weighted by Crippen LogP contribution is 2.20. The Kier molecular flexibility index (Phi) is 11.8. The first-order valence-electron chi connectivity index (χ1n) is 16.1. The minimum absolute atomic E-state index is 0.0571. The zero-order chi connectivity index (χ0) is 34.6. The summed E-state index contributed by atoms with van der Waals surface area (Å²) < 4.78 is 0. The number of imidazole rings is 1. The molecule has 3 atom stereocenters. The first kappa shape index (κ1) is 34.4. The van der Waals surface area contributed by atoms with E-state index >= 15 is 0 Å². The van der Waals surface area contributed by atoms with Gasteiger partial charge in [-0.3, -0.25) is 19.4 Å². The average molecular weight is 663 g/mol. The lowest BCUT2D eigenvalue weighted by atomic mass is 10.0. The van der Waals surface area contributed by atoms with E-state index in [0.29, 0.717) is 17.9 Å². The molecular weight excluding hydrogens is 620 g/mol. The molecule has 5 rings (SSSR count). The smallest absolute Gasteiger partial charge is 0.243 e. The van der Waals surface area contributed by atoms with E-state index in [0.717, 1.165) is 27.6 Å². The first-order valence-corrected chi connectivity index (χ1v) is 16.1. The van der Waals surface area contributed by atoms with E-state index < -0.39 is 29.9 Å². The average Bonchev–Trinajstić information content (AvgIpc) is 3.76. The predicted molar refractivity (Wildman–Crippen MR) is 190 cm³/mol. The van der Waals surface area contributed by atoms with Gasteiger partial charge in [0.2, 0.25) is 17.7 Å². The summed E-state index contributed by atoms with van der Waals surface area (Å²) in [5.41, 5.74) is 21.5. The van der Waals surface area contributed by atoms with Crippen LogP contribution in [0.1, 0.15) is 29.7 Å². The van der Waals surface area contributed by atoms with Crippen LogP contribution < -0.4 is 33.2 Å². The third-order valence-corrected chi connectivity index (χ3v) is 8.07. The van der Waals surface area contributed by atoms with Crippen LogP contribution in [0.5, 0.6) is 0 Å². The molecule has 13 heteroatoms. The second kappa shape index (κ2) is 16.7. The van der Waals surface area contributed by atoms with Crippen LogP contribution in [0, 0.1) is 0 Å². The van der Waals surface area contributed by atoms with E-state index in [1.807, 2.05) is 91.1 Å². The van der Waals surface area contributed by atoms with Crippen LogP contribution >= 0.6 is 0 Å². The second-order valence-electron chi connectivity index (χ2n) is 11.8. The molecule has 11 N–H and O–H groups in total. The summed E-state index contributed by atoms with van der Waals surface area (Å²) >= 11 is 0. The lowest BCUT2D eigenvalue weighted by molar-refractivity contribution is -0.132. The Labute approximate surface area is 284 Å². The quantitative estimate of drug-likeness (QED) is 0.0445. The monoisotopic (exact) mass is 662 g/mol. The molecule has 0 fully saturated rings. The van der Waals surface area contributed by atoms with Crippen LogP contribution in [0.15, 0.2) is 102 Å². The minimum Gasteiger partial charge on any atom is -0.370 e. The third-order valence-electron chi connectivity index (χ3n) is 8.07. The zero-order valence-electron chi connectivity index (χ0n) is 27.1. The summed E-state index contributed by atoms with van der Waals surface area (Å²) in [7, 11) is 0. The Hall–Kier alpha value is -5.95. The van der Waals surface area contributed by atoms with Crippen molar-refractivity contribution >= 4 is 34.6 Å². The highest BCUT2D eigenvalue weighted by molar-refractivity contribution is 5.94. The maximum absolute atomic E-state index is 14.0. The van der Waals surface area contributed by atoms with Gasteiger partial charge in [-0.15, -0.1) is 0 Å². The summed E-state index contributed by atoms with van der Waals surface area (Å²) in [6.07, 6.45) is 4.48. The molecule has 0 bridgehead atoms. The van der Waals surface area contributed by atoms with Crippen molar-refractivity contribution in [1.82, 2.24) is 30.9 Å². The molecule has 5 aromatic rings. The molecule has 254 valence electrons. The van der Waals surface area contributed by atoms with Crippen LogP contribution in [0.3, 0.4) is 0 Å². The number of nitrogens with two attached hydrogens (primary N) is 3. The van der Waals surface area contributed by atoms with Gasteiger partial charge >= 0.3 is 0 Å². The van der Waals surface area contributed by atoms with Crippen LogP contribution in [0.2, 0.25) is 0 Å². The molecule has 0 aliphatic rings. The maximum Gasteiger partial charge on any atom is 0.243 e. The van der Waals surface area contributed by atoms with E-state index in [1.54, 1.807) is 6.20 Å². The molecule has 0 saturated carbocycles. The SMILES string of the molecule is NC(N)=NCCC[C@H](NC(=O)[C@H](Cc1c[nH]c2ccccc12)NC(=O)[C@@H](N)Cc1cnc(-c2ccccc2)[nH]1)C(=O)NCc1ccccc1. The van der Waals surface area contributed by atoms with Crippen LogP contribution in [-0.2, 0) is 33.8 Å². The van der Waals surface area contributed by atoms with Gasteiger partial charge in [0.25, 0.3) is 0 Å². The minimum atomic E-state index is -1.04. The van der Waals surface area contributed by atoms with Crippen molar-refractivity contribution in [2.24, 2.45) is 22.2 Å². The normalized spacial score (nSPS) is 12.8. The van der Waals surface area contributed by atoms with Crippen molar-refractivity contribution in [3.05, 3.63) is 114 Å². The van der Waals surface area contributed by atoms with Gasteiger partial charge < -0.3 is 43.1 Å². The maximum atomic E-state index is 14.0. The molecule has 0 aliphatic carbocycles. The molecule has 0 saturated heterocycles. The number of hydrogen-bond donors (Lipinski definition) is 8. The number of aliphatic imine (C=N–C) groups is 1. The molecule has 2 heterocycles. The van der Waals surface area contributed by atoms with Gasteiger partial charge in [-0.1, -0.05) is 78.9 Å². The molecule has 0 spiro atoms. The number of hydrogen-bond acceptors (Lipinski definition) is 6. The summed E-state index contributed by atoms with van der Waals surface area (Å²) in [6, 6.07) is 23.8. The number of aromatic amines is 2. The number of amides is 3. The molecule has 3 amide bonds. The Morgan fingerprint density at radius 2 is 1.51 bits per heavy atom. The number of aromatic nitrogens is 3. The lowest BCUT2D eigenvalue weighted by Gasteiger charge is -2.24. The predicted octanol–water partition coefficient (Wildman–Crippen LogP) is 2.01. The van der Waals surface area contributed by atoms with Crippen molar-refractivity contribution in [3.8, 4) is 11.4 Å². The number of fused-ring (bicyclic) bond motifs is 1. The van der Waals surface area contributed by atoms with Crippen molar-refractivity contribution in [3.63, 3.8) is 0 Å². The fraction of sp³-hybridized carbons (Fsp3) is 0.250. The van der Waals surface area contributed by atoms with Crippen LogP contribution in [0.25, 0.3) is 22.3 Å². The lowest BCUT2D eigenvalue weighted by Crippen LogP contribution is -2.56. The van der Waals surface area contributed by atoms with Crippen molar-refractivity contribution < 1.29 is 14.4 Å². The van der Waals surface area contributed by atoms with Gasteiger partial charge in [-0.2, -0.15) is 0 Å². The Bertz CT molecular complexity index is 1870. The molecule has 13 nitrogen and oxygen atoms in total. The Balaban J connectivity index is 1.31. The molecule has 2 aromatic heterocycles. The number of benzene rings is 3. The largest absolute Gasteiger partial charge is 0.370 e. The van der Waals surface area contributed by atoms with Gasteiger partial charge in [0, 0.05) is 60.5 Å². The molecular formula is C36H42N10O3. The molecule has 0 radical (unpaired) electrons. The van der Waals surface area contributed by atoms with Crippen molar-refractivity contribution in [2.45, 2.75) is 50.4 Å². The number of rotatable bonds is 16. The van der Waals surface area contributed by atoms with E-state index in [4.69, 9.17) is 17.2 Å². The second-order valence-corrected chi connectivity index (χ2v) is 11.8. The molecule has 0 aliphatic heterocycles. The number of carbonyl (C=O) groups excluding carboxylic acids is 3. The number of guanidine groups is 1. The van der Waals surface area contributed by atoms with Gasteiger partial charge in [0.05, 0.1) is 6.04 Å². The number of para-hydroxylation sites is 1. The van der Waals surface area contributed by atoms with Crippen LogP contribution in [-0.4, -0.2) is 63.3 Å². The fourth-order valence-corrected chi connectivity index (χ4v) is 5.50. The first-order chi connectivity index (χ1) is 23.8. The third kappa shape index (κ3) is 9.78. The van der Waals surface area contributed by atoms with Gasteiger partial charge in [0.15, 0.2) is 5.96 Å². The highest BCUT2D eigenvalue weighted by Gasteiger charge is 2.29. The van der Waals surface area contributed by atoms with Crippen molar-refractivity contribution in [1.29, 1.82) is 0 Å². The number of H-pyrrole nitrogens is 2. The summed E-state index contributed by atoms with van der Waals surface area (Å²) in [5.74, 6) is -0.812. The fourth-order valence-electron chi connectivity index (χ4n) is 5.50. The van der Waals surface area contributed by atoms with Gasteiger partial charge in [-0.25, -0.2) is 4.98 Å². The van der Waals surface area contributed by atoms with E-state index in [2.05, 4.69) is 35.9 Å². The van der Waals surface area contributed by atoms with E-state index in [9.17, 15) is 14.4 Å². The summed E-state index contributed by atoms with van der Waals surface area (Å²) in [5, 5.41) is 9.54. The Morgan fingerprint density at radius 1 is 0.816 bits per heavy atom. The van der Waals surface area contributed by atoms with Crippen molar-refractivity contribution in [2.75, 3.05) is 6.54 Å². The molecule has 49 heavy (non-hydrogen) atoms. The van der Waals surface area contributed by atoms with E-state index in [1.165, 1.54) is 0 Å². The van der Waals surface area contributed by atoms with E-state index in [-0.39, 0.29) is 44.2 Å². The number of nitrogens with zero attached hydrogens (tertiary/aromatic N) is 2. The number of carbonyl (C=O) groups is 3. The topological polar surface area (TPSA) is 222 Å². The molecule has 3 aromatic carbocycles.